The molecule has 0 aromatic carbocycles. The summed E-state index contributed by atoms with van der Waals surface area (Å²) in [5.74, 6) is 0. The number of hydrogen-bond donors (Lipinski definition) is 1. The minimum Gasteiger partial charge on any atom is -0.329 e. The first-order valence-electron chi connectivity index (χ1n) is 6.12. The summed E-state index contributed by atoms with van der Waals surface area (Å²) in [5.41, 5.74) is 6.29. The van der Waals surface area contributed by atoms with Crippen molar-refractivity contribution in [2.24, 2.45) is 5.73 Å². The van der Waals surface area contributed by atoms with Crippen LogP contribution in [0.1, 0.15) is 30.0 Å². The third kappa shape index (κ3) is 2.45. The van der Waals surface area contributed by atoms with E-state index < -0.39 is 10.0 Å². The predicted octanol–water partition coefficient (Wildman–Crippen LogP) is 1.26. The Hall–Kier alpha value is -0.500. The van der Waals surface area contributed by atoms with Crippen molar-refractivity contribution in [3.63, 3.8) is 0 Å². The molecule has 1 aromatic heterocycles. The fraction of sp³-hybridized carbons (Fsp3) is 0.727. The van der Waals surface area contributed by atoms with E-state index in [-0.39, 0.29) is 6.04 Å². The topological polar surface area (TPSA) is 76.3 Å². The maximum Gasteiger partial charge on any atom is 0.254 e. The highest BCUT2D eigenvalue weighted by Gasteiger charge is 2.35. The number of rotatable bonds is 3. The van der Waals surface area contributed by atoms with Crippen molar-refractivity contribution in [1.82, 2.24) is 9.29 Å². The molecule has 1 aromatic rings. The minimum absolute atomic E-state index is 0.0643. The molecular weight excluding hydrogens is 270 g/mol. The number of hydrogen-bond acceptors (Lipinski definition) is 5. The predicted molar refractivity (Wildman–Crippen MR) is 72.2 cm³/mol. The van der Waals surface area contributed by atoms with Crippen molar-refractivity contribution in [2.45, 2.75) is 43.4 Å². The van der Waals surface area contributed by atoms with Gasteiger partial charge in [-0.05, 0) is 26.7 Å². The van der Waals surface area contributed by atoms with E-state index in [1.165, 1.54) is 11.3 Å². The lowest BCUT2D eigenvalue weighted by atomic mass is 10.1. The normalized spacial score (nSPS) is 22.3. The Kier molecular flexibility index (Phi) is 4.05. The molecule has 2 heterocycles. The molecule has 0 aliphatic carbocycles. The molecule has 1 saturated heterocycles. The van der Waals surface area contributed by atoms with Crippen molar-refractivity contribution in [3.05, 3.63) is 10.7 Å². The van der Waals surface area contributed by atoms with E-state index >= 15 is 0 Å². The number of piperidine rings is 1. The van der Waals surface area contributed by atoms with Crippen LogP contribution in [-0.4, -0.2) is 36.8 Å². The smallest absolute Gasteiger partial charge is 0.254 e. The lowest BCUT2D eigenvalue weighted by molar-refractivity contribution is 0.258. The number of nitrogens with two attached hydrogens (primary N) is 1. The molecule has 2 rings (SSSR count). The Morgan fingerprint density at radius 3 is 2.72 bits per heavy atom. The van der Waals surface area contributed by atoms with E-state index in [4.69, 9.17) is 5.73 Å². The van der Waals surface area contributed by atoms with E-state index in [1.54, 1.807) is 11.2 Å². The minimum atomic E-state index is -3.42. The Morgan fingerprint density at radius 2 is 2.17 bits per heavy atom. The molecular formula is C11H19N3O2S2. The van der Waals surface area contributed by atoms with Crippen molar-refractivity contribution < 1.29 is 8.42 Å². The number of aromatic nitrogens is 1. The van der Waals surface area contributed by atoms with E-state index in [9.17, 15) is 8.42 Å². The highest BCUT2D eigenvalue weighted by atomic mass is 32.2. The molecule has 0 unspecified atom stereocenters. The van der Waals surface area contributed by atoms with Gasteiger partial charge >= 0.3 is 0 Å². The van der Waals surface area contributed by atoms with E-state index in [2.05, 4.69) is 4.98 Å². The zero-order valence-electron chi connectivity index (χ0n) is 10.7. The fourth-order valence-corrected chi connectivity index (χ4v) is 5.68. The summed E-state index contributed by atoms with van der Waals surface area (Å²) in [5, 5.41) is 0.785. The monoisotopic (exact) mass is 289 g/mol. The summed E-state index contributed by atoms with van der Waals surface area (Å²) < 4.78 is 27.2. The van der Waals surface area contributed by atoms with E-state index in [0.717, 1.165) is 24.3 Å². The quantitative estimate of drug-likeness (QED) is 0.909. The van der Waals surface area contributed by atoms with Crippen molar-refractivity contribution in [3.8, 4) is 0 Å². The van der Waals surface area contributed by atoms with Crippen molar-refractivity contribution in [2.75, 3.05) is 13.1 Å². The number of sulfonamides is 1. The Labute approximate surface area is 112 Å². The van der Waals surface area contributed by atoms with Gasteiger partial charge in [0.25, 0.3) is 10.0 Å². The van der Waals surface area contributed by atoms with Crippen LogP contribution in [0.4, 0.5) is 0 Å². The highest BCUT2D eigenvalue weighted by Crippen LogP contribution is 2.30. The van der Waals surface area contributed by atoms with Crippen LogP contribution >= 0.6 is 11.3 Å². The maximum atomic E-state index is 12.6. The molecule has 1 fully saturated rings. The number of aryl methyl sites for hydroxylation is 2. The van der Waals surface area contributed by atoms with Crippen LogP contribution in [0.5, 0.6) is 0 Å². The summed E-state index contributed by atoms with van der Waals surface area (Å²) in [6.45, 7) is 4.53. The average molecular weight is 289 g/mol. The standard InChI is InChI=1S/C11H19N3O2S2/c1-8-11(17-9(2)13-8)18(15,16)14-6-4-3-5-10(14)7-12/h10H,3-7,12H2,1-2H3/t10-/m0/s1. The Bertz CT molecular complexity index is 524. The largest absolute Gasteiger partial charge is 0.329 e. The molecule has 5 nitrogen and oxygen atoms in total. The average Bonchev–Trinajstić information content (AvgIpc) is 2.69. The van der Waals surface area contributed by atoms with Gasteiger partial charge in [-0.3, -0.25) is 0 Å². The summed E-state index contributed by atoms with van der Waals surface area (Å²) in [7, 11) is -3.42. The lowest BCUT2D eigenvalue weighted by Crippen LogP contribution is -2.47. The van der Waals surface area contributed by atoms with Crippen LogP contribution in [-0.2, 0) is 10.0 Å². The van der Waals surface area contributed by atoms with Gasteiger partial charge in [-0.25, -0.2) is 13.4 Å². The van der Waals surface area contributed by atoms with Gasteiger partial charge in [-0.2, -0.15) is 4.31 Å². The molecule has 0 amide bonds. The second kappa shape index (κ2) is 5.24. The summed E-state index contributed by atoms with van der Waals surface area (Å²) >= 11 is 1.25. The molecule has 18 heavy (non-hydrogen) atoms. The molecule has 0 bridgehead atoms. The first-order valence-corrected chi connectivity index (χ1v) is 8.38. The summed E-state index contributed by atoms with van der Waals surface area (Å²) in [6, 6.07) is -0.0643. The summed E-state index contributed by atoms with van der Waals surface area (Å²) in [4.78, 5) is 4.20. The molecule has 1 aliphatic heterocycles. The van der Waals surface area contributed by atoms with Gasteiger partial charge in [0.15, 0.2) is 4.21 Å². The number of nitrogens with zero attached hydrogens (tertiary/aromatic N) is 2. The lowest BCUT2D eigenvalue weighted by Gasteiger charge is -2.33. The van der Waals surface area contributed by atoms with Gasteiger partial charge in [0.05, 0.1) is 10.7 Å². The first-order chi connectivity index (χ1) is 8.46. The zero-order valence-corrected chi connectivity index (χ0v) is 12.4. The van der Waals surface area contributed by atoms with E-state index in [1.807, 2.05) is 6.92 Å². The number of thiazole rings is 1. The van der Waals surface area contributed by atoms with Gasteiger partial charge in [0.2, 0.25) is 0 Å². The van der Waals surface area contributed by atoms with Crippen LogP contribution in [0.15, 0.2) is 4.21 Å². The molecule has 0 saturated carbocycles. The molecule has 7 heteroatoms. The second-order valence-corrected chi connectivity index (χ2v) is 7.90. The van der Waals surface area contributed by atoms with Gasteiger partial charge in [0, 0.05) is 19.1 Å². The highest BCUT2D eigenvalue weighted by molar-refractivity contribution is 7.91. The van der Waals surface area contributed by atoms with Crippen molar-refractivity contribution in [1.29, 1.82) is 0 Å². The Balaban J connectivity index is 2.38. The second-order valence-electron chi connectivity index (χ2n) is 4.61. The third-order valence-electron chi connectivity index (χ3n) is 3.25. The van der Waals surface area contributed by atoms with Crippen LogP contribution in [0, 0.1) is 13.8 Å². The van der Waals surface area contributed by atoms with Crippen LogP contribution < -0.4 is 5.73 Å². The molecule has 0 spiro atoms. The van der Waals surface area contributed by atoms with Gasteiger partial charge in [-0.15, -0.1) is 11.3 Å². The van der Waals surface area contributed by atoms with Crippen molar-refractivity contribution >= 4 is 21.4 Å². The SMILES string of the molecule is Cc1nc(C)c(S(=O)(=O)N2CCCC[C@H]2CN)s1. The van der Waals surface area contributed by atoms with E-state index in [0.29, 0.717) is 23.0 Å². The zero-order chi connectivity index (χ0) is 13.3. The molecule has 2 N–H and O–H groups in total. The molecule has 0 radical (unpaired) electrons. The van der Waals surface area contributed by atoms with Crippen LogP contribution in [0.3, 0.4) is 0 Å². The van der Waals surface area contributed by atoms with Crippen LogP contribution in [0.2, 0.25) is 0 Å². The van der Waals surface area contributed by atoms with Gasteiger partial charge < -0.3 is 5.73 Å². The van der Waals surface area contributed by atoms with Crippen LogP contribution in [0.25, 0.3) is 0 Å². The summed E-state index contributed by atoms with van der Waals surface area (Å²) in [6.07, 6.45) is 2.81. The molecule has 1 atom stereocenters. The molecule has 1 aliphatic rings. The van der Waals surface area contributed by atoms with Gasteiger partial charge in [0.1, 0.15) is 0 Å². The third-order valence-corrected chi connectivity index (χ3v) is 6.86. The van der Waals surface area contributed by atoms with Gasteiger partial charge in [-0.1, -0.05) is 6.42 Å². The fourth-order valence-electron chi connectivity index (χ4n) is 2.38. The maximum absolute atomic E-state index is 12.6. The molecule has 102 valence electrons. The first kappa shape index (κ1) is 13.9. The Morgan fingerprint density at radius 1 is 1.44 bits per heavy atom.